The normalized spacial score (nSPS) is 13.0. The summed E-state index contributed by atoms with van der Waals surface area (Å²) in [7, 11) is 1.68. The van der Waals surface area contributed by atoms with E-state index in [1.54, 1.807) is 7.05 Å². The van der Waals surface area contributed by atoms with Gasteiger partial charge in [-0.2, -0.15) is 0 Å². The number of rotatable bonds is 5. The molecule has 1 aliphatic carbocycles. The van der Waals surface area contributed by atoms with Crippen LogP contribution < -0.4 is 5.32 Å². The summed E-state index contributed by atoms with van der Waals surface area (Å²) in [6.07, 6.45) is 5.06. The third-order valence-electron chi connectivity index (χ3n) is 4.91. The lowest BCUT2D eigenvalue weighted by Crippen LogP contribution is -2.35. The molecule has 1 aliphatic rings. The number of aryl methyl sites for hydroxylation is 3. The van der Waals surface area contributed by atoms with Gasteiger partial charge in [-0.3, -0.25) is 9.59 Å². The maximum atomic E-state index is 12.5. The van der Waals surface area contributed by atoms with Crippen molar-refractivity contribution in [3.8, 4) is 0 Å². The Kier molecular flexibility index (Phi) is 5.71. The van der Waals surface area contributed by atoms with E-state index in [1.165, 1.54) is 28.9 Å². The number of carbonyl (C=O) groups is 2. The van der Waals surface area contributed by atoms with Crippen LogP contribution in [0.5, 0.6) is 0 Å². The molecule has 4 nitrogen and oxygen atoms in total. The van der Waals surface area contributed by atoms with Gasteiger partial charge in [0.05, 0.1) is 13.0 Å². The first kappa shape index (κ1) is 18.2. The molecule has 0 spiro atoms. The summed E-state index contributed by atoms with van der Waals surface area (Å²) < 4.78 is 0. The highest BCUT2D eigenvalue weighted by molar-refractivity contribution is 5.94. The Bertz CT molecular complexity index is 796. The van der Waals surface area contributed by atoms with Gasteiger partial charge in [-0.1, -0.05) is 35.9 Å². The van der Waals surface area contributed by atoms with Crippen LogP contribution in [0.2, 0.25) is 0 Å². The number of nitrogens with zero attached hydrogens (tertiary/aromatic N) is 1. The van der Waals surface area contributed by atoms with E-state index < -0.39 is 0 Å². The Balaban J connectivity index is 1.54. The molecule has 2 aromatic rings. The molecule has 0 fully saturated rings. The van der Waals surface area contributed by atoms with E-state index in [2.05, 4.69) is 17.4 Å². The van der Waals surface area contributed by atoms with Crippen molar-refractivity contribution in [3.05, 3.63) is 64.7 Å². The van der Waals surface area contributed by atoms with Crippen LogP contribution in [-0.4, -0.2) is 30.3 Å². The largest absolute Gasteiger partial charge is 0.336 e. The minimum absolute atomic E-state index is 0.0418. The minimum atomic E-state index is -0.185. The molecule has 0 unspecified atom stereocenters. The van der Waals surface area contributed by atoms with Crippen LogP contribution in [0, 0.1) is 6.92 Å². The highest BCUT2D eigenvalue weighted by atomic mass is 16.2. The maximum Gasteiger partial charge on any atom is 0.243 e. The number of nitrogens with one attached hydrogen (secondary N) is 1. The highest BCUT2D eigenvalue weighted by Gasteiger charge is 2.15. The van der Waals surface area contributed by atoms with Crippen molar-refractivity contribution in [1.29, 1.82) is 0 Å². The molecule has 0 aromatic heterocycles. The van der Waals surface area contributed by atoms with Crippen LogP contribution in [-0.2, 0) is 28.9 Å². The molecule has 2 aromatic carbocycles. The molecule has 136 valence electrons. The van der Waals surface area contributed by atoms with Gasteiger partial charge in [0.25, 0.3) is 0 Å². The molecule has 0 heterocycles. The molecule has 0 saturated carbocycles. The Hall–Kier alpha value is -2.62. The molecule has 26 heavy (non-hydrogen) atoms. The van der Waals surface area contributed by atoms with E-state index in [-0.39, 0.29) is 18.4 Å². The number of anilines is 1. The van der Waals surface area contributed by atoms with Crippen molar-refractivity contribution in [2.24, 2.45) is 0 Å². The minimum Gasteiger partial charge on any atom is -0.336 e. The molecule has 0 bridgehead atoms. The molecule has 0 atom stereocenters. The summed E-state index contributed by atoms with van der Waals surface area (Å²) in [5.41, 5.74) is 5.71. The average molecular weight is 350 g/mol. The van der Waals surface area contributed by atoms with Crippen LogP contribution in [0.4, 0.5) is 5.69 Å². The molecule has 1 N–H and O–H groups in total. The predicted molar refractivity (Wildman–Crippen MR) is 104 cm³/mol. The molecule has 0 radical (unpaired) electrons. The first-order chi connectivity index (χ1) is 12.5. The van der Waals surface area contributed by atoms with Crippen molar-refractivity contribution in [3.63, 3.8) is 0 Å². The highest BCUT2D eigenvalue weighted by Crippen LogP contribution is 2.22. The van der Waals surface area contributed by atoms with Gasteiger partial charge in [0, 0.05) is 12.7 Å². The van der Waals surface area contributed by atoms with Gasteiger partial charge in [0.2, 0.25) is 11.8 Å². The zero-order valence-corrected chi connectivity index (χ0v) is 15.5. The topological polar surface area (TPSA) is 49.4 Å². The Labute approximate surface area is 155 Å². The molecule has 0 aliphatic heterocycles. The number of carbonyl (C=O) groups excluding carboxylic acids is 2. The van der Waals surface area contributed by atoms with Crippen molar-refractivity contribution in [2.45, 2.75) is 39.0 Å². The van der Waals surface area contributed by atoms with Gasteiger partial charge in [-0.25, -0.2) is 0 Å². The van der Waals surface area contributed by atoms with Crippen LogP contribution >= 0.6 is 0 Å². The van der Waals surface area contributed by atoms with Crippen molar-refractivity contribution >= 4 is 17.5 Å². The van der Waals surface area contributed by atoms with E-state index >= 15 is 0 Å². The first-order valence-corrected chi connectivity index (χ1v) is 9.22. The summed E-state index contributed by atoms with van der Waals surface area (Å²) in [5.74, 6) is -0.227. The second-order valence-corrected chi connectivity index (χ2v) is 7.15. The molecule has 2 amide bonds. The maximum absolute atomic E-state index is 12.5. The fraction of sp³-hybridized carbons (Fsp3) is 0.364. The van der Waals surface area contributed by atoms with Gasteiger partial charge in [0.15, 0.2) is 0 Å². The summed E-state index contributed by atoms with van der Waals surface area (Å²) in [4.78, 5) is 26.1. The number of benzene rings is 2. The molecule has 3 rings (SSSR count). The zero-order chi connectivity index (χ0) is 18.5. The predicted octanol–water partition coefficient (Wildman–Crippen LogP) is 3.51. The number of amides is 2. The van der Waals surface area contributed by atoms with Gasteiger partial charge >= 0.3 is 0 Å². The van der Waals surface area contributed by atoms with Crippen LogP contribution in [0.1, 0.15) is 35.1 Å². The number of fused-ring (bicyclic) bond motifs is 1. The van der Waals surface area contributed by atoms with Gasteiger partial charge in [0.1, 0.15) is 0 Å². The van der Waals surface area contributed by atoms with Crippen molar-refractivity contribution in [2.75, 3.05) is 18.9 Å². The lowest BCUT2D eigenvalue weighted by atomic mass is 9.90. The van der Waals surface area contributed by atoms with E-state index in [9.17, 15) is 9.59 Å². The van der Waals surface area contributed by atoms with Gasteiger partial charge in [-0.05, 0) is 61.4 Å². The molecular formula is C22H26N2O2. The fourth-order valence-corrected chi connectivity index (χ4v) is 3.35. The number of likely N-dealkylation sites (N-methyl/N-ethyl adjacent to an activating group) is 1. The molecular weight excluding hydrogens is 324 g/mol. The monoisotopic (exact) mass is 350 g/mol. The van der Waals surface area contributed by atoms with Crippen molar-refractivity contribution < 1.29 is 9.59 Å². The standard InChI is InChI=1S/C22H26N2O2/c1-16-7-11-20(12-8-16)23-21(25)15-24(2)22(26)14-17-9-10-18-5-3-4-6-19(18)13-17/h7-13H,3-6,14-15H2,1-2H3,(H,23,25). The quantitative estimate of drug-likeness (QED) is 0.897. The summed E-state index contributed by atoms with van der Waals surface area (Å²) in [6, 6.07) is 14.0. The zero-order valence-electron chi connectivity index (χ0n) is 15.5. The van der Waals surface area contributed by atoms with Crippen LogP contribution in [0.3, 0.4) is 0 Å². The van der Waals surface area contributed by atoms with Gasteiger partial charge in [-0.15, -0.1) is 0 Å². The van der Waals surface area contributed by atoms with Crippen molar-refractivity contribution in [1.82, 2.24) is 4.90 Å². The molecule has 4 heteroatoms. The third-order valence-corrected chi connectivity index (χ3v) is 4.91. The van der Waals surface area contributed by atoms with Gasteiger partial charge < -0.3 is 10.2 Å². The summed E-state index contributed by atoms with van der Waals surface area (Å²) in [5, 5.41) is 2.83. The van der Waals surface area contributed by atoms with E-state index in [1.807, 2.05) is 37.3 Å². The number of hydrogen-bond donors (Lipinski definition) is 1. The second kappa shape index (κ2) is 8.17. The lowest BCUT2D eigenvalue weighted by molar-refractivity contribution is -0.132. The SMILES string of the molecule is Cc1ccc(NC(=O)CN(C)C(=O)Cc2ccc3c(c2)CCCC3)cc1. The summed E-state index contributed by atoms with van der Waals surface area (Å²) >= 11 is 0. The third kappa shape index (κ3) is 4.72. The Morgan fingerprint density at radius 1 is 1.00 bits per heavy atom. The van der Waals surface area contributed by atoms with E-state index in [0.717, 1.165) is 29.7 Å². The van der Waals surface area contributed by atoms with Crippen LogP contribution in [0.15, 0.2) is 42.5 Å². The summed E-state index contributed by atoms with van der Waals surface area (Å²) in [6.45, 7) is 2.05. The second-order valence-electron chi connectivity index (χ2n) is 7.15. The average Bonchev–Trinajstić information content (AvgIpc) is 2.63. The molecule has 0 saturated heterocycles. The van der Waals surface area contributed by atoms with E-state index in [0.29, 0.717) is 6.42 Å². The smallest absolute Gasteiger partial charge is 0.243 e. The first-order valence-electron chi connectivity index (χ1n) is 9.22. The van der Waals surface area contributed by atoms with E-state index in [4.69, 9.17) is 0 Å². The fourth-order valence-electron chi connectivity index (χ4n) is 3.35. The Morgan fingerprint density at radius 2 is 1.69 bits per heavy atom. The number of hydrogen-bond acceptors (Lipinski definition) is 2. The lowest BCUT2D eigenvalue weighted by Gasteiger charge is -2.19. The Morgan fingerprint density at radius 3 is 2.42 bits per heavy atom. The van der Waals surface area contributed by atoms with Crippen LogP contribution in [0.25, 0.3) is 0 Å².